The number of nitrogens with zero attached hydrogens (tertiary/aromatic N) is 1. The first-order valence-electron chi connectivity index (χ1n) is 5.94. The highest BCUT2D eigenvalue weighted by atomic mass is 19.3. The van der Waals surface area contributed by atoms with Gasteiger partial charge in [0.05, 0.1) is 5.56 Å². The van der Waals surface area contributed by atoms with Gasteiger partial charge in [0.15, 0.2) is 0 Å². The fourth-order valence-corrected chi connectivity index (χ4v) is 1.31. The van der Waals surface area contributed by atoms with E-state index in [1.54, 1.807) is 19.9 Å². The Labute approximate surface area is 119 Å². The standard InChI is InChI=1S/C15H13F4NO/c1-4-9(2)8-20-10(3)15(18,19)14(21)12-6-5-11(16)7-13(12)17/h4-8H,3H2,1-2H3. The number of hydrogen-bond donors (Lipinski definition) is 0. The minimum Gasteiger partial charge on any atom is -0.287 e. The molecule has 1 rings (SSSR count). The smallest absolute Gasteiger partial charge is 0.287 e. The molecule has 0 fully saturated rings. The molecule has 0 bridgehead atoms. The van der Waals surface area contributed by atoms with Gasteiger partial charge in [0, 0.05) is 12.3 Å². The van der Waals surface area contributed by atoms with Crippen LogP contribution in [-0.4, -0.2) is 17.9 Å². The maximum absolute atomic E-state index is 13.9. The Hall–Kier alpha value is -2.24. The number of alkyl halides is 2. The van der Waals surface area contributed by atoms with Gasteiger partial charge in [-0.05, 0) is 31.6 Å². The fourth-order valence-electron chi connectivity index (χ4n) is 1.31. The first kappa shape index (κ1) is 16.8. The van der Waals surface area contributed by atoms with E-state index in [-0.39, 0.29) is 0 Å². The summed E-state index contributed by atoms with van der Waals surface area (Å²) >= 11 is 0. The van der Waals surface area contributed by atoms with Crippen molar-refractivity contribution in [1.82, 2.24) is 0 Å². The molecule has 6 heteroatoms. The number of allylic oxidation sites excluding steroid dienone is 3. The second-order valence-corrected chi connectivity index (χ2v) is 4.27. The van der Waals surface area contributed by atoms with Crippen LogP contribution in [0.1, 0.15) is 24.2 Å². The van der Waals surface area contributed by atoms with E-state index in [0.717, 1.165) is 12.3 Å². The van der Waals surface area contributed by atoms with Gasteiger partial charge in [0.2, 0.25) is 5.78 Å². The normalized spacial score (nSPS) is 12.8. The molecule has 0 spiro atoms. The summed E-state index contributed by atoms with van der Waals surface area (Å²) in [6.07, 6.45) is 2.74. The van der Waals surface area contributed by atoms with Crippen LogP contribution in [-0.2, 0) is 0 Å². The van der Waals surface area contributed by atoms with Crippen LogP contribution in [0.5, 0.6) is 0 Å². The van der Waals surface area contributed by atoms with Crippen molar-refractivity contribution in [2.24, 2.45) is 4.99 Å². The van der Waals surface area contributed by atoms with E-state index in [0.29, 0.717) is 17.7 Å². The SMILES string of the molecule is C=C(N=CC(C)=CC)C(F)(F)C(=O)c1ccc(F)cc1F. The first-order valence-corrected chi connectivity index (χ1v) is 5.94. The molecule has 1 aromatic carbocycles. The molecule has 0 amide bonds. The molecule has 1 aromatic rings. The molecule has 0 aliphatic carbocycles. The average Bonchev–Trinajstić information content (AvgIpc) is 2.43. The number of rotatable bonds is 5. The Morgan fingerprint density at radius 3 is 2.48 bits per heavy atom. The molecule has 0 saturated heterocycles. The van der Waals surface area contributed by atoms with Gasteiger partial charge in [0.1, 0.15) is 17.3 Å². The molecule has 2 nitrogen and oxygen atoms in total. The summed E-state index contributed by atoms with van der Waals surface area (Å²) in [5, 5.41) is 0. The molecule has 0 radical (unpaired) electrons. The summed E-state index contributed by atoms with van der Waals surface area (Å²) in [7, 11) is 0. The zero-order valence-electron chi connectivity index (χ0n) is 11.5. The van der Waals surface area contributed by atoms with Crippen molar-refractivity contribution < 1.29 is 22.4 Å². The lowest BCUT2D eigenvalue weighted by atomic mass is 10.0. The number of halogens is 4. The van der Waals surface area contributed by atoms with Gasteiger partial charge in [-0.2, -0.15) is 8.78 Å². The third-order valence-corrected chi connectivity index (χ3v) is 2.70. The maximum Gasteiger partial charge on any atom is 0.350 e. The number of hydrogen-bond acceptors (Lipinski definition) is 2. The van der Waals surface area contributed by atoms with E-state index in [1.165, 1.54) is 0 Å². The second-order valence-electron chi connectivity index (χ2n) is 4.27. The fraction of sp³-hybridized carbons (Fsp3) is 0.200. The van der Waals surface area contributed by atoms with Gasteiger partial charge >= 0.3 is 5.92 Å². The zero-order valence-corrected chi connectivity index (χ0v) is 11.5. The van der Waals surface area contributed by atoms with Crippen LogP contribution >= 0.6 is 0 Å². The lowest BCUT2D eigenvalue weighted by Gasteiger charge is -2.15. The van der Waals surface area contributed by atoms with Gasteiger partial charge in [-0.3, -0.25) is 9.79 Å². The van der Waals surface area contributed by atoms with Crippen LogP contribution in [0.3, 0.4) is 0 Å². The lowest BCUT2D eigenvalue weighted by Crippen LogP contribution is -2.31. The molecule has 112 valence electrons. The highest BCUT2D eigenvalue weighted by molar-refractivity contribution is 6.03. The minimum atomic E-state index is -4.08. The van der Waals surface area contributed by atoms with Gasteiger partial charge < -0.3 is 0 Å². The van der Waals surface area contributed by atoms with Gasteiger partial charge in [0.25, 0.3) is 0 Å². The third-order valence-electron chi connectivity index (χ3n) is 2.70. The van der Waals surface area contributed by atoms with E-state index >= 15 is 0 Å². The van der Waals surface area contributed by atoms with E-state index < -0.39 is 34.6 Å². The van der Waals surface area contributed by atoms with E-state index in [9.17, 15) is 22.4 Å². The predicted molar refractivity (Wildman–Crippen MR) is 72.7 cm³/mol. The van der Waals surface area contributed by atoms with Crippen molar-refractivity contribution >= 4 is 12.0 Å². The van der Waals surface area contributed by atoms with E-state index in [1.807, 2.05) is 0 Å². The second kappa shape index (κ2) is 6.47. The highest BCUT2D eigenvalue weighted by Crippen LogP contribution is 2.29. The summed E-state index contributed by atoms with van der Waals surface area (Å²) in [5.41, 5.74) is -1.34. The Bertz CT molecular complexity index is 633. The largest absolute Gasteiger partial charge is 0.350 e. The summed E-state index contributed by atoms with van der Waals surface area (Å²) < 4.78 is 53.9. The summed E-state index contributed by atoms with van der Waals surface area (Å²) in [6, 6.07) is 1.75. The monoisotopic (exact) mass is 299 g/mol. The van der Waals surface area contributed by atoms with Crippen LogP contribution in [0.25, 0.3) is 0 Å². The number of carbonyl (C=O) groups is 1. The molecule has 0 aliphatic heterocycles. The van der Waals surface area contributed by atoms with E-state index in [2.05, 4.69) is 11.6 Å². The van der Waals surface area contributed by atoms with Crippen LogP contribution < -0.4 is 0 Å². The molecule has 0 aliphatic rings. The van der Waals surface area contributed by atoms with Crippen molar-refractivity contribution in [1.29, 1.82) is 0 Å². The lowest BCUT2D eigenvalue weighted by molar-refractivity contribution is 0.0314. The summed E-state index contributed by atoms with van der Waals surface area (Å²) in [6.45, 7) is 6.34. The first-order chi connectivity index (χ1) is 9.70. The maximum atomic E-state index is 13.9. The van der Waals surface area contributed by atoms with Crippen molar-refractivity contribution in [2.75, 3.05) is 0 Å². The molecule has 0 N–H and O–H groups in total. The van der Waals surface area contributed by atoms with Crippen LogP contribution in [0.2, 0.25) is 0 Å². The van der Waals surface area contributed by atoms with Gasteiger partial charge in [-0.15, -0.1) is 0 Å². The molecule has 21 heavy (non-hydrogen) atoms. The van der Waals surface area contributed by atoms with Gasteiger partial charge in [-0.25, -0.2) is 8.78 Å². The molecule has 0 saturated carbocycles. The highest BCUT2D eigenvalue weighted by Gasteiger charge is 2.43. The molecule has 0 unspecified atom stereocenters. The Morgan fingerprint density at radius 2 is 1.95 bits per heavy atom. The number of Topliss-reactive ketones (excluding diaryl/α,β-unsaturated/α-hetero) is 1. The van der Waals surface area contributed by atoms with Crippen molar-refractivity contribution in [3.05, 3.63) is 59.3 Å². The minimum absolute atomic E-state index is 0.360. The molecule has 0 atom stereocenters. The number of carbonyl (C=O) groups excluding carboxylic acids is 1. The van der Waals surface area contributed by atoms with Crippen LogP contribution in [0.4, 0.5) is 17.6 Å². The topological polar surface area (TPSA) is 29.4 Å². The molecular weight excluding hydrogens is 286 g/mol. The number of ketones is 1. The molecule has 0 aromatic heterocycles. The average molecular weight is 299 g/mol. The molecule has 0 heterocycles. The third kappa shape index (κ3) is 3.87. The Morgan fingerprint density at radius 1 is 1.33 bits per heavy atom. The Kier molecular flexibility index (Phi) is 5.18. The number of benzene rings is 1. The molecular formula is C15H13F4NO. The Balaban J connectivity index is 3.09. The van der Waals surface area contributed by atoms with Crippen molar-refractivity contribution in [2.45, 2.75) is 19.8 Å². The van der Waals surface area contributed by atoms with E-state index in [4.69, 9.17) is 0 Å². The van der Waals surface area contributed by atoms with Crippen molar-refractivity contribution in [3.63, 3.8) is 0 Å². The quantitative estimate of drug-likeness (QED) is 0.452. The van der Waals surface area contributed by atoms with Crippen molar-refractivity contribution in [3.8, 4) is 0 Å². The van der Waals surface area contributed by atoms with Gasteiger partial charge in [-0.1, -0.05) is 12.7 Å². The van der Waals surface area contributed by atoms with Crippen LogP contribution in [0, 0.1) is 11.6 Å². The van der Waals surface area contributed by atoms with Crippen LogP contribution in [0.15, 0.2) is 47.1 Å². The summed E-state index contributed by atoms with van der Waals surface area (Å²) in [5.74, 6) is -8.22. The predicted octanol–water partition coefficient (Wildman–Crippen LogP) is 4.33. The number of aliphatic imine (C=N–C) groups is 1. The zero-order chi connectivity index (χ0) is 16.2. The summed E-state index contributed by atoms with van der Waals surface area (Å²) in [4.78, 5) is 15.1.